The fraction of sp³-hybridized carbons (Fsp3) is 0.300. The van der Waals surface area contributed by atoms with Crippen molar-refractivity contribution < 1.29 is 14.6 Å². The molecule has 0 spiro atoms. The van der Waals surface area contributed by atoms with Crippen LogP contribution < -0.4 is 15.6 Å². The molecule has 0 saturated carbocycles. The molecule has 76 valence electrons. The smallest absolute Gasteiger partial charge is 0.119 e. The first-order valence-electron chi connectivity index (χ1n) is 4.24. The number of ether oxygens (including phenoxy) is 1. The van der Waals surface area contributed by atoms with Crippen LogP contribution in [0.1, 0.15) is 11.5 Å². The Morgan fingerprint density at radius 1 is 1.64 bits per heavy atom. The van der Waals surface area contributed by atoms with Crippen molar-refractivity contribution in [2.75, 3.05) is 13.7 Å². The van der Waals surface area contributed by atoms with E-state index in [9.17, 15) is 9.90 Å². The van der Waals surface area contributed by atoms with E-state index in [1.54, 1.807) is 24.3 Å². The summed E-state index contributed by atoms with van der Waals surface area (Å²) in [5, 5.41) is 10.7. The summed E-state index contributed by atoms with van der Waals surface area (Å²) in [7, 11) is 1.52. The third-order valence-corrected chi connectivity index (χ3v) is 2.02. The number of hydrogen-bond acceptors (Lipinski definition) is 4. The van der Waals surface area contributed by atoms with Gasteiger partial charge in [0.15, 0.2) is 0 Å². The van der Waals surface area contributed by atoms with Crippen LogP contribution in [0.25, 0.3) is 0 Å². The molecule has 0 saturated heterocycles. The topological polar surface area (TPSA) is 75.4 Å². The van der Waals surface area contributed by atoms with Crippen molar-refractivity contribution in [3.8, 4) is 5.75 Å². The number of carbonyl (C=O) groups excluding carboxylic acids is 1. The SMILES string of the molecule is COc1cccc(C(CN)C(=O)[O-])c1. The van der Waals surface area contributed by atoms with Gasteiger partial charge >= 0.3 is 0 Å². The van der Waals surface area contributed by atoms with E-state index in [2.05, 4.69) is 0 Å². The number of carbonyl (C=O) groups is 1. The highest BCUT2D eigenvalue weighted by molar-refractivity contribution is 5.74. The van der Waals surface area contributed by atoms with E-state index >= 15 is 0 Å². The van der Waals surface area contributed by atoms with E-state index < -0.39 is 11.9 Å². The molecule has 1 rings (SSSR count). The van der Waals surface area contributed by atoms with Crippen molar-refractivity contribution in [3.63, 3.8) is 0 Å². The fourth-order valence-corrected chi connectivity index (χ4v) is 1.23. The Labute approximate surface area is 82.3 Å². The van der Waals surface area contributed by atoms with Gasteiger partial charge in [-0.15, -0.1) is 0 Å². The minimum absolute atomic E-state index is 0.0233. The molecule has 1 aromatic rings. The van der Waals surface area contributed by atoms with E-state index in [0.717, 1.165) is 0 Å². The second-order valence-electron chi connectivity index (χ2n) is 2.88. The summed E-state index contributed by atoms with van der Waals surface area (Å²) < 4.78 is 4.98. The summed E-state index contributed by atoms with van der Waals surface area (Å²) in [5.41, 5.74) is 5.94. The standard InChI is InChI=1S/C10H13NO3/c1-14-8-4-2-3-7(5-8)9(6-11)10(12)13/h2-5,9H,6,11H2,1H3,(H,12,13)/p-1. The number of benzene rings is 1. The van der Waals surface area contributed by atoms with E-state index in [4.69, 9.17) is 10.5 Å². The first-order chi connectivity index (χ1) is 6.69. The number of aliphatic carboxylic acids is 1. The van der Waals surface area contributed by atoms with Gasteiger partial charge in [0.25, 0.3) is 0 Å². The van der Waals surface area contributed by atoms with Crippen LogP contribution in [-0.2, 0) is 4.79 Å². The molecule has 0 fully saturated rings. The van der Waals surface area contributed by atoms with Crippen LogP contribution in [0.2, 0.25) is 0 Å². The van der Waals surface area contributed by atoms with Gasteiger partial charge in [-0.05, 0) is 17.7 Å². The number of nitrogens with two attached hydrogens (primary N) is 1. The molecule has 4 nitrogen and oxygen atoms in total. The Balaban J connectivity index is 2.98. The minimum atomic E-state index is -1.17. The molecule has 0 bridgehead atoms. The lowest BCUT2D eigenvalue weighted by atomic mass is 9.99. The molecule has 0 aromatic heterocycles. The van der Waals surface area contributed by atoms with Crippen molar-refractivity contribution >= 4 is 5.97 Å². The number of carboxylic acid groups (broad SMARTS) is 1. The van der Waals surface area contributed by atoms with E-state index in [0.29, 0.717) is 11.3 Å². The lowest BCUT2D eigenvalue weighted by Crippen LogP contribution is -2.34. The van der Waals surface area contributed by atoms with E-state index in [1.807, 2.05) is 0 Å². The zero-order valence-corrected chi connectivity index (χ0v) is 7.90. The van der Waals surface area contributed by atoms with Crippen LogP contribution >= 0.6 is 0 Å². The summed E-state index contributed by atoms with van der Waals surface area (Å²) in [4.78, 5) is 10.7. The first-order valence-corrected chi connectivity index (χ1v) is 4.24. The monoisotopic (exact) mass is 194 g/mol. The normalized spacial score (nSPS) is 12.1. The molecule has 0 heterocycles. The highest BCUT2D eigenvalue weighted by atomic mass is 16.5. The number of carboxylic acids is 1. The van der Waals surface area contributed by atoms with Crippen LogP contribution in [0.15, 0.2) is 24.3 Å². The molecular weight excluding hydrogens is 182 g/mol. The summed E-state index contributed by atoms with van der Waals surface area (Å²) >= 11 is 0. The molecular formula is C10H12NO3-. The second-order valence-corrected chi connectivity index (χ2v) is 2.88. The molecule has 0 aliphatic heterocycles. The summed E-state index contributed by atoms with van der Waals surface area (Å²) in [6.07, 6.45) is 0. The van der Waals surface area contributed by atoms with Crippen LogP contribution in [0.4, 0.5) is 0 Å². The number of methoxy groups -OCH3 is 1. The average Bonchev–Trinajstić information content (AvgIpc) is 2.19. The van der Waals surface area contributed by atoms with Crippen LogP contribution in [0, 0.1) is 0 Å². The van der Waals surface area contributed by atoms with Gasteiger partial charge in [-0.2, -0.15) is 0 Å². The Hall–Kier alpha value is -1.55. The summed E-state index contributed by atoms with van der Waals surface area (Å²) in [6.45, 7) is 0.0233. The van der Waals surface area contributed by atoms with Crippen molar-refractivity contribution in [2.24, 2.45) is 5.73 Å². The Morgan fingerprint density at radius 3 is 2.86 bits per heavy atom. The van der Waals surface area contributed by atoms with E-state index in [-0.39, 0.29) is 6.54 Å². The van der Waals surface area contributed by atoms with Crippen molar-refractivity contribution in [3.05, 3.63) is 29.8 Å². The Bertz CT molecular complexity index is 325. The molecule has 1 unspecified atom stereocenters. The average molecular weight is 194 g/mol. The molecule has 4 heteroatoms. The van der Waals surface area contributed by atoms with Gasteiger partial charge in [0.2, 0.25) is 0 Å². The largest absolute Gasteiger partial charge is 0.549 e. The highest BCUT2D eigenvalue weighted by Gasteiger charge is 2.10. The predicted octanol–water partition coefficient (Wildman–Crippen LogP) is -0.513. The highest BCUT2D eigenvalue weighted by Crippen LogP contribution is 2.19. The maximum absolute atomic E-state index is 10.7. The quantitative estimate of drug-likeness (QED) is 0.700. The molecule has 0 radical (unpaired) electrons. The third-order valence-electron chi connectivity index (χ3n) is 2.02. The molecule has 0 aliphatic carbocycles. The van der Waals surface area contributed by atoms with Crippen molar-refractivity contribution in [1.82, 2.24) is 0 Å². The van der Waals surface area contributed by atoms with Gasteiger partial charge in [0.1, 0.15) is 5.75 Å². The maximum Gasteiger partial charge on any atom is 0.119 e. The minimum Gasteiger partial charge on any atom is -0.549 e. The summed E-state index contributed by atoms with van der Waals surface area (Å²) in [6, 6.07) is 6.80. The number of rotatable bonds is 4. The lowest BCUT2D eigenvalue weighted by molar-refractivity contribution is -0.307. The van der Waals surface area contributed by atoms with E-state index in [1.165, 1.54) is 7.11 Å². The number of hydrogen-bond donors (Lipinski definition) is 1. The lowest BCUT2D eigenvalue weighted by Gasteiger charge is -2.16. The van der Waals surface area contributed by atoms with Crippen LogP contribution in [0.5, 0.6) is 5.75 Å². The van der Waals surface area contributed by atoms with Gasteiger partial charge in [-0.3, -0.25) is 0 Å². The second kappa shape index (κ2) is 4.62. The van der Waals surface area contributed by atoms with Gasteiger partial charge in [0, 0.05) is 12.5 Å². The third kappa shape index (κ3) is 2.23. The van der Waals surface area contributed by atoms with Gasteiger partial charge in [0.05, 0.1) is 13.1 Å². The fourth-order valence-electron chi connectivity index (χ4n) is 1.23. The van der Waals surface area contributed by atoms with Crippen LogP contribution in [-0.4, -0.2) is 19.6 Å². The van der Waals surface area contributed by atoms with Gasteiger partial charge in [-0.1, -0.05) is 12.1 Å². The first kappa shape index (κ1) is 10.5. The zero-order valence-electron chi connectivity index (χ0n) is 7.90. The Morgan fingerprint density at radius 2 is 2.36 bits per heavy atom. The van der Waals surface area contributed by atoms with Crippen LogP contribution in [0.3, 0.4) is 0 Å². The molecule has 1 aromatic carbocycles. The predicted molar refractivity (Wildman–Crippen MR) is 49.8 cm³/mol. The van der Waals surface area contributed by atoms with Crippen molar-refractivity contribution in [2.45, 2.75) is 5.92 Å². The maximum atomic E-state index is 10.7. The molecule has 1 atom stereocenters. The molecule has 0 amide bonds. The zero-order chi connectivity index (χ0) is 10.6. The van der Waals surface area contributed by atoms with Gasteiger partial charge < -0.3 is 20.4 Å². The summed E-state index contributed by atoms with van der Waals surface area (Å²) in [5.74, 6) is -1.33. The molecule has 2 N–H and O–H groups in total. The van der Waals surface area contributed by atoms with Crippen molar-refractivity contribution in [1.29, 1.82) is 0 Å². The van der Waals surface area contributed by atoms with Gasteiger partial charge in [-0.25, -0.2) is 0 Å². The molecule has 0 aliphatic rings. The molecule has 14 heavy (non-hydrogen) atoms. The Kier molecular flexibility index (Phi) is 3.48.